The molecule has 2 aliphatic rings. The van der Waals surface area contributed by atoms with E-state index in [0.717, 1.165) is 115 Å². The number of benzene rings is 7. The van der Waals surface area contributed by atoms with E-state index in [-0.39, 0.29) is 26.5 Å². The third kappa shape index (κ3) is 7.10. The smallest absolute Gasteiger partial charge is 0.135 e. The van der Waals surface area contributed by atoms with Gasteiger partial charge in [-0.1, -0.05) is 123 Å². The van der Waals surface area contributed by atoms with Crippen molar-refractivity contribution in [2.24, 2.45) is 0 Å². The molecular weight excluding hydrogens is 980 g/mol. The first-order valence-corrected chi connectivity index (χ1v) is 22.2. The molecule has 8 heteroatoms. The number of hydrogen-bond donors (Lipinski definition) is 0. The third-order valence-corrected chi connectivity index (χ3v) is 12.8. The molecule has 12 rings (SSSR count). The summed E-state index contributed by atoms with van der Waals surface area (Å²) in [5.41, 5.74) is 14.0. The summed E-state index contributed by atoms with van der Waals surface area (Å²) in [6.45, 7) is 9.87. The standard InChI is InChI=1S/C57H45N6O.Pt/c1-57(2,3)40-29-30-58-55(32-40)63-49-25-11-10-22-46(49)47-28-27-43(34-50(47)63)64-42-21-14-20-41(33-42)61-37-62(53-36-51-48(35-52(53)61)59-54-26-12-13-31-60(51)54)56-44(38-16-6-4-7-17-38)23-15-24-45(56)39-18-8-5-9-19-39;/h4-11,14-25,27-30,32,35-37H,12-13,26,31H2,1-3H3;/q-3;. The molecule has 3 aromatic heterocycles. The number of para-hydroxylation sites is 2. The maximum absolute atomic E-state index is 6.72. The summed E-state index contributed by atoms with van der Waals surface area (Å²) in [7, 11) is 0. The second kappa shape index (κ2) is 16.2. The van der Waals surface area contributed by atoms with Crippen molar-refractivity contribution in [3.63, 3.8) is 0 Å². The largest absolute Gasteiger partial charge is 0.509 e. The quantitative estimate of drug-likeness (QED) is 0.149. The van der Waals surface area contributed by atoms with Gasteiger partial charge in [0.2, 0.25) is 0 Å². The van der Waals surface area contributed by atoms with Crippen molar-refractivity contribution >= 4 is 55.6 Å². The molecule has 10 aromatic rings. The van der Waals surface area contributed by atoms with E-state index in [4.69, 9.17) is 14.7 Å². The molecule has 0 aliphatic carbocycles. The van der Waals surface area contributed by atoms with Crippen molar-refractivity contribution in [2.45, 2.75) is 52.0 Å². The Balaban J connectivity index is 0.00000469. The normalized spacial score (nSPS) is 13.6. The minimum absolute atomic E-state index is 0. The molecule has 0 unspecified atom stereocenters. The van der Waals surface area contributed by atoms with Gasteiger partial charge < -0.3 is 23.7 Å². The first kappa shape index (κ1) is 40.8. The van der Waals surface area contributed by atoms with Crippen molar-refractivity contribution in [2.75, 3.05) is 9.80 Å². The molecular formula is C57H45N6OPt-3. The van der Waals surface area contributed by atoms with Crippen LogP contribution in [0.1, 0.15) is 45.0 Å². The van der Waals surface area contributed by atoms with E-state index >= 15 is 0 Å². The van der Waals surface area contributed by atoms with E-state index in [1.54, 1.807) is 0 Å². The molecule has 65 heavy (non-hydrogen) atoms. The molecule has 5 heterocycles. The van der Waals surface area contributed by atoms with Crippen LogP contribution in [0.15, 0.2) is 164 Å². The fraction of sp³-hybridized carbons (Fsp3) is 0.140. The van der Waals surface area contributed by atoms with Crippen LogP contribution >= 0.6 is 0 Å². The number of hydrogen-bond acceptors (Lipinski definition) is 5. The molecule has 0 amide bonds. The predicted octanol–water partition coefficient (Wildman–Crippen LogP) is 14.3. The average Bonchev–Trinajstić information content (AvgIpc) is 4.00. The van der Waals surface area contributed by atoms with Crippen LogP contribution in [-0.2, 0) is 39.4 Å². The molecule has 0 N–H and O–H groups in total. The van der Waals surface area contributed by atoms with Crippen LogP contribution in [0.5, 0.6) is 11.5 Å². The summed E-state index contributed by atoms with van der Waals surface area (Å²) >= 11 is 0. The predicted molar refractivity (Wildman–Crippen MR) is 260 cm³/mol. The second-order valence-corrected chi connectivity index (χ2v) is 17.8. The minimum Gasteiger partial charge on any atom is -0.509 e. The van der Waals surface area contributed by atoms with E-state index in [1.807, 2.05) is 24.4 Å². The van der Waals surface area contributed by atoms with Gasteiger partial charge in [-0.3, -0.25) is 0 Å². The molecule has 0 fully saturated rings. The Morgan fingerprint density at radius 2 is 1.34 bits per heavy atom. The Hall–Kier alpha value is -6.95. The van der Waals surface area contributed by atoms with E-state index in [0.29, 0.717) is 11.5 Å². The van der Waals surface area contributed by atoms with Crippen LogP contribution < -0.4 is 14.5 Å². The summed E-state index contributed by atoms with van der Waals surface area (Å²) < 4.78 is 11.3. The molecule has 0 bridgehead atoms. The Bertz CT molecular complexity index is 3350. The van der Waals surface area contributed by atoms with Gasteiger partial charge in [-0.25, -0.2) is 9.97 Å². The SMILES string of the molecule is CC(C)(C)c1ccnc(-n2c3[c-]c(Oc4[c-]c(N5[CH-]N(c6c(-c7ccccc7)cccc6-c6ccccc6)c6cc7c(cc65)nc5n7CCCC5)ccc4)ccc3c3ccccc32)c1.[Pt]. The Kier molecular flexibility index (Phi) is 10.2. The summed E-state index contributed by atoms with van der Waals surface area (Å²) in [5, 5.41) is 2.23. The monoisotopic (exact) mass is 1020 g/mol. The molecule has 2 aliphatic heterocycles. The van der Waals surface area contributed by atoms with Gasteiger partial charge in [0.15, 0.2) is 0 Å². The first-order valence-electron chi connectivity index (χ1n) is 22.2. The summed E-state index contributed by atoms with van der Waals surface area (Å²) in [6, 6.07) is 62.9. The zero-order chi connectivity index (χ0) is 42.9. The van der Waals surface area contributed by atoms with Gasteiger partial charge in [-0.05, 0) is 70.7 Å². The number of aromatic nitrogens is 4. The van der Waals surface area contributed by atoms with Gasteiger partial charge in [0.1, 0.15) is 11.6 Å². The van der Waals surface area contributed by atoms with Crippen molar-refractivity contribution in [1.82, 2.24) is 19.1 Å². The zero-order valence-corrected chi connectivity index (χ0v) is 38.7. The van der Waals surface area contributed by atoms with Crippen molar-refractivity contribution in [3.05, 3.63) is 194 Å². The van der Waals surface area contributed by atoms with E-state index in [9.17, 15) is 0 Å². The fourth-order valence-corrected chi connectivity index (χ4v) is 9.63. The molecule has 0 saturated heterocycles. The van der Waals surface area contributed by atoms with Crippen LogP contribution in [0.3, 0.4) is 0 Å². The maximum atomic E-state index is 6.72. The molecule has 7 nitrogen and oxygen atoms in total. The van der Waals surface area contributed by atoms with Gasteiger partial charge in [0.25, 0.3) is 0 Å². The van der Waals surface area contributed by atoms with Crippen molar-refractivity contribution < 1.29 is 25.8 Å². The second-order valence-electron chi connectivity index (χ2n) is 17.8. The third-order valence-electron chi connectivity index (χ3n) is 12.8. The number of nitrogens with zero attached hydrogens (tertiary/aromatic N) is 6. The molecule has 0 spiro atoms. The van der Waals surface area contributed by atoms with Crippen LogP contribution in [0.25, 0.3) is 60.9 Å². The summed E-state index contributed by atoms with van der Waals surface area (Å²) in [6.07, 6.45) is 5.21. The Labute approximate surface area is 393 Å². The first-order chi connectivity index (χ1) is 31.4. The number of ether oxygens (including phenoxy) is 1. The zero-order valence-electron chi connectivity index (χ0n) is 36.4. The average molecular weight is 1030 g/mol. The molecule has 0 saturated carbocycles. The number of fused-ring (bicyclic) bond motifs is 7. The number of rotatable bonds is 7. The fourth-order valence-electron chi connectivity index (χ4n) is 9.63. The van der Waals surface area contributed by atoms with Crippen molar-refractivity contribution in [3.8, 4) is 39.6 Å². The van der Waals surface area contributed by atoms with E-state index in [1.165, 1.54) is 5.56 Å². The Morgan fingerprint density at radius 1 is 0.631 bits per heavy atom. The maximum Gasteiger partial charge on any atom is 0.135 e. The van der Waals surface area contributed by atoms with E-state index in [2.05, 4.69) is 198 Å². The van der Waals surface area contributed by atoms with E-state index < -0.39 is 0 Å². The van der Waals surface area contributed by atoms with Gasteiger partial charge in [-0.15, -0.1) is 48.1 Å². The number of imidazole rings is 1. The number of anilines is 4. The van der Waals surface area contributed by atoms with Gasteiger partial charge in [0, 0.05) is 85.4 Å². The summed E-state index contributed by atoms with van der Waals surface area (Å²) in [4.78, 5) is 14.7. The molecule has 0 atom stereocenters. The number of aryl methyl sites for hydroxylation is 2. The van der Waals surface area contributed by atoms with Crippen LogP contribution in [-0.4, -0.2) is 19.1 Å². The molecule has 322 valence electrons. The van der Waals surface area contributed by atoms with Crippen LogP contribution in [0.4, 0.5) is 22.7 Å². The topological polar surface area (TPSA) is 51.4 Å². The van der Waals surface area contributed by atoms with Crippen LogP contribution in [0.2, 0.25) is 0 Å². The van der Waals surface area contributed by atoms with Crippen LogP contribution in [0, 0.1) is 18.8 Å². The Morgan fingerprint density at radius 3 is 2.11 bits per heavy atom. The minimum atomic E-state index is -0.0286. The molecule has 7 aromatic carbocycles. The van der Waals surface area contributed by atoms with Crippen molar-refractivity contribution in [1.29, 1.82) is 0 Å². The van der Waals surface area contributed by atoms with Gasteiger partial charge in [-0.2, -0.15) is 12.1 Å². The number of pyridine rings is 1. The van der Waals surface area contributed by atoms with Gasteiger partial charge >= 0.3 is 0 Å². The molecule has 0 radical (unpaired) electrons. The summed E-state index contributed by atoms with van der Waals surface area (Å²) in [5.74, 6) is 3.20. The van der Waals surface area contributed by atoms with Gasteiger partial charge in [0.05, 0.1) is 11.0 Å².